The lowest BCUT2D eigenvalue weighted by molar-refractivity contribution is -0.144. The van der Waals surface area contributed by atoms with E-state index in [-0.39, 0.29) is 120 Å². The molecule has 0 rings (SSSR count). The molecule has 382 valence electrons. The Labute approximate surface area is 400 Å². The molecule has 0 bridgehead atoms. The maximum Gasteiger partial charge on any atom is 0.326 e. The van der Waals surface area contributed by atoms with Gasteiger partial charge in [0, 0.05) is 51.8 Å². The van der Waals surface area contributed by atoms with Crippen LogP contribution in [0.4, 0.5) is 0 Å². The van der Waals surface area contributed by atoms with Gasteiger partial charge in [0.15, 0.2) is 5.78 Å². The number of rotatable bonds is 50. The predicted octanol–water partition coefficient (Wildman–Crippen LogP) is 6.32. The standard InChI is InChI=1S/C47H82BrN3O15/c48-35-43(55)49-26-18-17-22-41(47(61)62)51-44(56)37-66-33-30-63-28-19-21-40(53)36-65-32-31-64-29-27-50-42(54)25-24-38(46(59)60)34-39(52)20-15-13-11-9-7-5-3-1-2-4-6-8-10-12-14-16-23-45(57)58/h38,41H,1-37H2,(H,49,55)(H,50,54)(H,51,56)(H,57,58)(H,59,60)(H,61,62)/t38?,41-/m0/s1. The van der Waals surface area contributed by atoms with Crippen LogP contribution in [0.25, 0.3) is 0 Å². The molecule has 6 N–H and O–H groups in total. The number of hydrogen-bond acceptors (Lipinski definition) is 12. The second-order valence-electron chi connectivity index (χ2n) is 16.6. The minimum absolute atomic E-state index is 0.00840. The van der Waals surface area contributed by atoms with Crippen molar-refractivity contribution in [3.8, 4) is 0 Å². The van der Waals surface area contributed by atoms with E-state index in [9.17, 15) is 48.6 Å². The van der Waals surface area contributed by atoms with Crippen molar-refractivity contribution < 1.29 is 72.6 Å². The molecular formula is C47H82BrN3O15. The Hall–Kier alpha value is -3.52. The monoisotopic (exact) mass is 1010 g/mol. The number of carboxylic acids is 3. The molecule has 0 aromatic carbocycles. The second-order valence-corrected chi connectivity index (χ2v) is 17.2. The highest BCUT2D eigenvalue weighted by Crippen LogP contribution is 2.17. The van der Waals surface area contributed by atoms with E-state index < -0.39 is 35.8 Å². The lowest BCUT2D eigenvalue weighted by Crippen LogP contribution is -2.42. The highest BCUT2D eigenvalue weighted by molar-refractivity contribution is 9.09. The van der Waals surface area contributed by atoms with Gasteiger partial charge in [0.05, 0.1) is 44.3 Å². The second kappa shape index (κ2) is 45.3. The van der Waals surface area contributed by atoms with Crippen LogP contribution in [0, 0.1) is 5.92 Å². The summed E-state index contributed by atoms with van der Waals surface area (Å²) in [5.74, 6) is -5.06. The van der Waals surface area contributed by atoms with Crippen LogP contribution in [0.5, 0.6) is 0 Å². The number of ketones is 2. The van der Waals surface area contributed by atoms with Crippen LogP contribution in [0.2, 0.25) is 0 Å². The summed E-state index contributed by atoms with van der Waals surface area (Å²) >= 11 is 3.04. The lowest BCUT2D eigenvalue weighted by atomic mass is 9.94. The molecular weight excluding hydrogens is 926 g/mol. The van der Waals surface area contributed by atoms with E-state index in [0.717, 1.165) is 44.9 Å². The first-order chi connectivity index (χ1) is 31.8. The van der Waals surface area contributed by atoms with Crippen molar-refractivity contribution in [1.82, 2.24) is 16.0 Å². The summed E-state index contributed by atoms with van der Waals surface area (Å²) < 4.78 is 21.4. The molecule has 2 atom stereocenters. The van der Waals surface area contributed by atoms with Gasteiger partial charge in [-0.15, -0.1) is 0 Å². The van der Waals surface area contributed by atoms with Gasteiger partial charge >= 0.3 is 17.9 Å². The molecule has 0 saturated carbocycles. The van der Waals surface area contributed by atoms with Gasteiger partial charge in [0.2, 0.25) is 17.7 Å². The predicted molar refractivity (Wildman–Crippen MR) is 251 cm³/mol. The summed E-state index contributed by atoms with van der Waals surface area (Å²) in [6.07, 6.45) is 20.6. The number of carbonyl (C=O) groups excluding carboxylic acids is 5. The molecule has 0 aromatic heterocycles. The van der Waals surface area contributed by atoms with Gasteiger partial charge in [-0.05, 0) is 44.9 Å². The van der Waals surface area contributed by atoms with E-state index in [0.29, 0.717) is 38.8 Å². The van der Waals surface area contributed by atoms with Crippen LogP contribution in [0.15, 0.2) is 0 Å². The van der Waals surface area contributed by atoms with E-state index in [1.807, 2.05) is 0 Å². The molecule has 0 saturated heterocycles. The zero-order chi connectivity index (χ0) is 48.9. The van der Waals surface area contributed by atoms with E-state index in [4.69, 9.17) is 24.1 Å². The van der Waals surface area contributed by atoms with Gasteiger partial charge in [-0.3, -0.25) is 33.6 Å². The van der Waals surface area contributed by atoms with E-state index in [1.165, 1.54) is 57.8 Å². The molecule has 19 heteroatoms. The molecule has 0 aromatic rings. The Morgan fingerprint density at radius 1 is 0.424 bits per heavy atom. The molecule has 0 heterocycles. The molecule has 1 unspecified atom stereocenters. The molecule has 0 aliphatic heterocycles. The summed E-state index contributed by atoms with van der Waals surface area (Å²) in [6.45, 7) is 1.45. The maximum atomic E-state index is 12.5. The summed E-state index contributed by atoms with van der Waals surface area (Å²) in [5.41, 5.74) is 0. The molecule has 3 amide bonds. The lowest BCUT2D eigenvalue weighted by Gasteiger charge is -2.14. The minimum atomic E-state index is -1.15. The Kier molecular flexibility index (Phi) is 42.9. The molecule has 66 heavy (non-hydrogen) atoms. The van der Waals surface area contributed by atoms with Gasteiger partial charge < -0.3 is 50.2 Å². The molecule has 0 aliphatic carbocycles. The fraction of sp³-hybridized carbons (Fsp3) is 0.830. The number of alkyl halides is 1. The third kappa shape index (κ3) is 43.1. The summed E-state index contributed by atoms with van der Waals surface area (Å²) in [4.78, 5) is 93.7. The Morgan fingerprint density at radius 3 is 1.47 bits per heavy atom. The zero-order valence-corrected chi connectivity index (χ0v) is 41.0. The van der Waals surface area contributed by atoms with Crippen LogP contribution < -0.4 is 16.0 Å². The van der Waals surface area contributed by atoms with Crippen LogP contribution in [-0.4, -0.2) is 140 Å². The normalized spacial score (nSPS) is 12.0. The molecule has 0 aliphatic rings. The van der Waals surface area contributed by atoms with E-state index >= 15 is 0 Å². The van der Waals surface area contributed by atoms with Gasteiger partial charge in [-0.25, -0.2) is 4.79 Å². The third-order valence-corrected chi connectivity index (χ3v) is 11.2. The summed E-state index contributed by atoms with van der Waals surface area (Å²) in [5, 5.41) is 35.6. The first kappa shape index (κ1) is 62.5. The number of carbonyl (C=O) groups is 8. The summed E-state index contributed by atoms with van der Waals surface area (Å²) in [7, 11) is 0. The maximum absolute atomic E-state index is 12.5. The number of aliphatic carboxylic acids is 3. The average molecular weight is 1010 g/mol. The van der Waals surface area contributed by atoms with Gasteiger partial charge in [0.1, 0.15) is 25.0 Å². The topological polar surface area (TPSA) is 270 Å². The van der Waals surface area contributed by atoms with Crippen molar-refractivity contribution in [2.45, 2.75) is 173 Å². The zero-order valence-electron chi connectivity index (χ0n) is 39.4. The van der Waals surface area contributed by atoms with Crippen molar-refractivity contribution in [3.63, 3.8) is 0 Å². The van der Waals surface area contributed by atoms with E-state index in [1.54, 1.807) is 0 Å². The SMILES string of the molecule is O=C(O)CCCCCCCCCCCCCCCCCCC(=O)CC(CCC(=O)NCCOCCOCC(=O)CCCOCCOCC(=O)N[C@@H](CCCCNC(=O)CBr)C(=O)O)C(=O)O. The van der Waals surface area contributed by atoms with Crippen molar-refractivity contribution >= 4 is 63.1 Å². The number of halogens is 1. The van der Waals surface area contributed by atoms with Crippen molar-refractivity contribution in [2.24, 2.45) is 5.92 Å². The third-order valence-electron chi connectivity index (χ3n) is 10.7. The number of nitrogens with one attached hydrogen (secondary N) is 3. The molecule has 0 spiro atoms. The van der Waals surface area contributed by atoms with Crippen LogP contribution in [-0.2, 0) is 57.3 Å². The van der Waals surface area contributed by atoms with E-state index in [2.05, 4.69) is 31.9 Å². The Bertz CT molecular complexity index is 1340. The number of amides is 3. The number of hydrogen-bond donors (Lipinski definition) is 6. The van der Waals surface area contributed by atoms with Crippen LogP contribution in [0.3, 0.4) is 0 Å². The highest BCUT2D eigenvalue weighted by atomic mass is 79.9. The Balaban J connectivity index is 3.72. The number of unbranched alkanes of at least 4 members (excludes halogenated alkanes) is 16. The van der Waals surface area contributed by atoms with Gasteiger partial charge in [-0.2, -0.15) is 0 Å². The van der Waals surface area contributed by atoms with Gasteiger partial charge in [-0.1, -0.05) is 106 Å². The highest BCUT2D eigenvalue weighted by Gasteiger charge is 2.22. The largest absolute Gasteiger partial charge is 0.481 e. The van der Waals surface area contributed by atoms with Crippen molar-refractivity contribution in [2.75, 3.05) is 71.3 Å². The quantitative estimate of drug-likeness (QED) is 0.0288. The molecule has 18 nitrogen and oxygen atoms in total. The first-order valence-electron chi connectivity index (χ1n) is 24.3. The number of Topliss-reactive ketones (excluding diaryl/α,β-unsaturated/α-hetero) is 2. The van der Waals surface area contributed by atoms with Crippen LogP contribution >= 0.6 is 15.9 Å². The van der Waals surface area contributed by atoms with Crippen molar-refractivity contribution in [3.05, 3.63) is 0 Å². The molecule has 0 radical (unpaired) electrons. The number of carboxylic acid groups (broad SMARTS) is 3. The van der Waals surface area contributed by atoms with Crippen molar-refractivity contribution in [1.29, 1.82) is 0 Å². The van der Waals surface area contributed by atoms with Gasteiger partial charge in [0.25, 0.3) is 0 Å². The first-order valence-corrected chi connectivity index (χ1v) is 25.4. The fourth-order valence-electron chi connectivity index (χ4n) is 6.90. The van der Waals surface area contributed by atoms with Crippen LogP contribution in [0.1, 0.15) is 167 Å². The minimum Gasteiger partial charge on any atom is -0.481 e. The Morgan fingerprint density at radius 2 is 0.924 bits per heavy atom. The average Bonchev–Trinajstić information content (AvgIpc) is 3.28. The smallest absolute Gasteiger partial charge is 0.326 e. The molecule has 0 fully saturated rings. The fourth-order valence-corrected chi connectivity index (χ4v) is 7.09. The number of ether oxygens (including phenoxy) is 4. The summed E-state index contributed by atoms with van der Waals surface area (Å²) in [6, 6.07) is -1.06.